The molecule has 3 aromatic rings. The molecule has 3 aromatic carbocycles. The molecule has 226 valence electrons. The highest BCUT2D eigenvalue weighted by Gasteiger charge is 2.44. The third kappa shape index (κ3) is 7.32. The number of benzene rings is 3. The van der Waals surface area contributed by atoms with E-state index in [1.165, 1.54) is 18.2 Å². The second-order valence-corrected chi connectivity index (χ2v) is 12.1. The molecule has 0 aromatic heterocycles. The van der Waals surface area contributed by atoms with Gasteiger partial charge in [-0.3, -0.25) is 4.84 Å². The monoisotopic (exact) mass is 600 g/mol. The van der Waals surface area contributed by atoms with Crippen LogP contribution >= 0.6 is 0 Å². The van der Waals surface area contributed by atoms with Gasteiger partial charge in [0.25, 0.3) is 0 Å². The third-order valence-corrected chi connectivity index (χ3v) is 9.69. The molecule has 1 aliphatic rings. The van der Waals surface area contributed by atoms with Crippen molar-refractivity contribution < 1.29 is 42.5 Å². The molecule has 0 unspecified atom stereocenters. The van der Waals surface area contributed by atoms with Crippen LogP contribution in [0, 0.1) is 0 Å². The van der Waals surface area contributed by atoms with Crippen molar-refractivity contribution >= 4 is 15.9 Å². The Hall–Kier alpha value is -3.84. The van der Waals surface area contributed by atoms with Gasteiger partial charge in [0, 0.05) is 12.6 Å². The van der Waals surface area contributed by atoms with E-state index in [2.05, 4.69) is 10.8 Å². The lowest BCUT2D eigenvalue weighted by Crippen LogP contribution is -2.51. The van der Waals surface area contributed by atoms with Crippen LogP contribution in [-0.4, -0.2) is 55.1 Å². The van der Waals surface area contributed by atoms with E-state index in [1.807, 2.05) is 30.3 Å². The van der Waals surface area contributed by atoms with Crippen LogP contribution in [0.2, 0.25) is 0 Å². The fraction of sp³-hybridized carbons (Fsp3) is 0.367. The van der Waals surface area contributed by atoms with Gasteiger partial charge in [-0.25, -0.2) is 13.2 Å². The summed E-state index contributed by atoms with van der Waals surface area (Å²) in [6.07, 6.45) is -2.15. The summed E-state index contributed by atoms with van der Waals surface area (Å²) in [5.74, 6) is 1.44. The van der Waals surface area contributed by atoms with E-state index >= 15 is 0 Å². The van der Waals surface area contributed by atoms with Gasteiger partial charge in [0.2, 0.25) is 16.6 Å². The summed E-state index contributed by atoms with van der Waals surface area (Å²) in [5, 5.41) is 22.6. The zero-order valence-electron chi connectivity index (χ0n) is 23.5. The molecule has 1 heterocycles. The molecule has 0 saturated heterocycles. The molecule has 1 aliphatic heterocycles. The molecule has 11 nitrogen and oxygen atoms in total. The molecule has 0 aliphatic carbocycles. The van der Waals surface area contributed by atoms with Gasteiger partial charge in [-0.15, -0.1) is 0 Å². The Labute approximate surface area is 245 Å². The van der Waals surface area contributed by atoms with Crippen LogP contribution in [0.15, 0.2) is 77.7 Å². The Kier molecular flexibility index (Phi) is 10.3. The largest absolute Gasteiger partial charge is 0.489 e. The van der Waals surface area contributed by atoms with Gasteiger partial charge in [-0.1, -0.05) is 56.3 Å². The quantitative estimate of drug-likeness (QED) is 0.188. The number of aliphatic hydroxyl groups is 1. The summed E-state index contributed by atoms with van der Waals surface area (Å²) in [7, 11) is -4.02. The van der Waals surface area contributed by atoms with Crippen molar-refractivity contribution in [3.63, 3.8) is 0 Å². The summed E-state index contributed by atoms with van der Waals surface area (Å²) >= 11 is 0. The minimum absolute atomic E-state index is 0.0131. The Bertz CT molecular complexity index is 1430. The molecule has 0 saturated carbocycles. The molecule has 0 fully saturated rings. The first-order valence-corrected chi connectivity index (χ1v) is 15.1. The minimum atomic E-state index is -4.02. The summed E-state index contributed by atoms with van der Waals surface area (Å²) in [5.41, 5.74) is 4.40. The molecule has 0 spiro atoms. The van der Waals surface area contributed by atoms with Crippen LogP contribution < -0.4 is 25.0 Å². The van der Waals surface area contributed by atoms with Crippen LogP contribution in [0.25, 0.3) is 0 Å². The van der Waals surface area contributed by atoms with Crippen LogP contribution in [0.3, 0.4) is 0 Å². The number of ether oxygens (including phenoxy) is 3. The first-order valence-electron chi connectivity index (χ1n) is 13.7. The molecule has 2 atom stereocenters. The number of fused-ring (bicyclic) bond motifs is 1. The smallest absolute Gasteiger partial charge is 0.404 e. The first-order chi connectivity index (χ1) is 20.2. The van der Waals surface area contributed by atoms with Crippen molar-refractivity contribution in [1.29, 1.82) is 0 Å². The van der Waals surface area contributed by atoms with Crippen LogP contribution in [-0.2, 0) is 27.7 Å². The average Bonchev–Trinajstić information content (AvgIpc) is 3.47. The highest BCUT2D eigenvalue weighted by molar-refractivity contribution is 7.92. The SMILES string of the molecule is CCC(CC)(ONC[C@@H](O)[C@H](Cc1ccc(OCc2ccccc2)cc1)NC(=O)O)S(=O)(=O)c1ccc2c(c1)OCO2. The Morgan fingerprint density at radius 2 is 1.67 bits per heavy atom. The zero-order valence-corrected chi connectivity index (χ0v) is 24.3. The predicted molar refractivity (Wildman–Crippen MR) is 154 cm³/mol. The van der Waals surface area contributed by atoms with Crippen LogP contribution in [0.4, 0.5) is 4.79 Å². The lowest BCUT2D eigenvalue weighted by molar-refractivity contribution is -0.0725. The number of aliphatic hydroxyl groups excluding tert-OH is 1. The van der Waals surface area contributed by atoms with Gasteiger partial charge in [-0.05, 0) is 54.7 Å². The van der Waals surface area contributed by atoms with Gasteiger partial charge in [0.15, 0.2) is 16.4 Å². The number of hydrogen-bond acceptors (Lipinski definition) is 9. The molecule has 4 N–H and O–H groups in total. The number of hydrogen-bond donors (Lipinski definition) is 4. The highest BCUT2D eigenvalue weighted by Crippen LogP contribution is 2.38. The standard InChI is InChI=1S/C30H36N2O9S/c1-3-30(4-2,42(36,37)24-14-15-27-28(17-24)40-20-39-27)41-31-18-26(33)25(32-29(34)35)16-21-10-12-23(13-11-21)38-19-22-8-6-5-7-9-22/h5-15,17,25-26,31-33H,3-4,16,18-20H2,1-2H3,(H,34,35)/t25-,26+/m0/s1. The number of carbonyl (C=O) groups is 1. The second-order valence-electron chi connectivity index (χ2n) is 9.83. The van der Waals surface area contributed by atoms with E-state index in [-0.39, 0.29) is 37.5 Å². The Morgan fingerprint density at radius 1 is 0.976 bits per heavy atom. The number of hydroxylamine groups is 1. The number of nitrogens with one attached hydrogen (secondary N) is 2. The van der Waals surface area contributed by atoms with E-state index in [1.54, 1.807) is 38.1 Å². The van der Waals surface area contributed by atoms with Crippen molar-refractivity contribution in [2.75, 3.05) is 13.3 Å². The summed E-state index contributed by atoms with van der Waals surface area (Å²) in [6.45, 7) is 3.57. The molecule has 12 heteroatoms. The average molecular weight is 601 g/mol. The van der Waals surface area contributed by atoms with Gasteiger partial charge in [0.1, 0.15) is 12.4 Å². The number of rotatable bonds is 15. The maximum absolute atomic E-state index is 13.6. The van der Waals surface area contributed by atoms with Crippen LogP contribution in [0.5, 0.6) is 17.2 Å². The number of carboxylic acid groups (broad SMARTS) is 1. The van der Waals surface area contributed by atoms with E-state index in [0.717, 1.165) is 11.1 Å². The normalized spacial score (nSPS) is 14.3. The lowest BCUT2D eigenvalue weighted by Gasteiger charge is -2.32. The third-order valence-electron chi connectivity index (χ3n) is 7.17. The predicted octanol–water partition coefficient (Wildman–Crippen LogP) is 4.05. The highest BCUT2D eigenvalue weighted by atomic mass is 32.2. The maximum Gasteiger partial charge on any atom is 0.404 e. The molecule has 42 heavy (non-hydrogen) atoms. The van der Waals surface area contributed by atoms with Crippen molar-refractivity contribution in [2.24, 2.45) is 0 Å². The molecular formula is C30H36N2O9S. The number of amides is 1. The van der Waals surface area contributed by atoms with Crippen molar-refractivity contribution in [1.82, 2.24) is 10.8 Å². The van der Waals surface area contributed by atoms with E-state index in [0.29, 0.717) is 23.9 Å². The van der Waals surface area contributed by atoms with E-state index in [9.17, 15) is 23.4 Å². The van der Waals surface area contributed by atoms with Crippen molar-refractivity contribution in [3.05, 3.63) is 83.9 Å². The number of sulfone groups is 1. The Balaban J connectivity index is 1.38. The van der Waals surface area contributed by atoms with Crippen molar-refractivity contribution in [3.8, 4) is 17.2 Å². The molecule has 1 amide bonds. The van der Waals surface area contributed by atoms with Gasteiger partial charge in [0.05, 0.1) is 17.0 Å². The molecule has 4 rings (SSSR count). The second kappa shape index (κ2) is 13.9. The van der Waals surface area contributed by atoms with Gasteiger partial charge >= 0.3 is 6.09 Å². The molecule has 0 bridgehead atoms. The summed E-state index contributed by atoms with van der Waals surface area (Å²) < 4.78 is 43.7. The minimum Gasteiger partial charge on any atom is -0.489 e. The summed E-state index contributed by atoms with van der Waals surface area (Å²) in [4.78, 5) is 15.6. The van der Waals surface area contributed by atoms with E-state index in [4.69, 9.17) is 19.0 Å². The van der Waals surface area contributed by atoms with Crippen LogP contribution in [0.1, 0.15) is 37.8 Å². The lowest BCUT2D eigenvalue weighted by atomic mass is 10.0. The van der Waals surface area contributed by atoms with Gasteiger partial charge < -0.3 is 29.7 Å². The topological polar surface area (TPSA) is 153 Å². The van der Waals surface area contributed by atoms with Crippen molar-refractivity contribution in [2.45, 2.75) is 61.7 Å². The molecule has 0 radical (unpaired) electrons. The maximum atomic E-state index is 13.6. The Morgan fingerprint density at radius 3 is 2.33 bits per heavy atom. The fourth-order valence-corrected chi connectivity index (χ4v) is 6.51. The van der Waals surface area contributed by atoms with E-state index < -0.39 is 33.0 Å². The van der Waals surface area contributed by atoms with Gasteiger partial charge in [-0.2, -0.15) is 5.48 Å². The summed E-state index contributed by atoms with van der Waals surface area (Å²) in [6, 6.07) is 20.4. The molecular weight excluding hydrogens is 564 g/mol. The zero-order chi connectivity index (χ0) is 30.2. The first kappa shape index (κ1) is 31.1. The fourth-order valence-electron chi connectivity index (χ4n) is 4.65.